The molecule has 6 heteroatoms. The van der Waals surface area contributed by atoms with Gasteiger partial charge >= 0.3 is 0 Å². The topological polar surface area (TPSA) is 71.8 Å². The van der Waals surface area contributed by atoms with E-state index in [1.807, 2.05) is 12.1 Å². The normalized spacial score (nSPS) is 17.3. The summed E-state index contributed by atoms with van der Waals surface area (Å²) in [7, 11) is 1.59. The number of rotatable bonds is 5. The van der Waals surface area contributed by atoms with Crippen LogP contribution < -0.4 is 15.0 Å². The molecule has 1 aromatic heterocycles. The Bertz CT molecular complexity index is 679. The summed E-state index contributed by atoms with van der Waals surface area (Å²) in [5.41, 5.74) is 0.775. The highest BCUT2D eigenvalue weighted by atomic mass is 16.5. The van der Waals surface area contributed by atoms with Gasteiger partial charge in [0.25, 0.3) is 0 Å². The van der Waals surface area contributed by atoms with Crippen LogP contribution in [0.3, 0.4) is 0 Å². The maximum Gasteiger partial charge on any atom is 0.227 e. The summed E-state index contributed by atoms with van der Waals surface area (Å²) in [6.45, 7) is 0.716. The first kappa shape index (κ1) is 15.1. The summed E-state index contributed by atoms with van der Waals surface area (Å²) in [6.07, 6.45) is 1.78. The molecule has 2 aromatic rings. The number of amides is 2. The van der Waals surface area contributed by atoms with Crippen LogP contribution in [0, 0.1) is 5.92 Å². The summed E-state index contributed by atoms with van der Waals surface area (Å²) >= 11 is 0. The Morgan fingerprint density at radius 2 is 2.13 bits per heavy atom. The number of carbonyl (C=O) groups excluding carboxylic acids is 2. The van der Waals surface area contributed by atoms with Gasteiger partial charge in [-0.2, -0.15) is 0 Å². The van der Waals surface area contributed by atoms with Crippen molar-refractivity contribution in [2.45, 2.75) is 13.0 Å². The van der Waals surface area contributed by atoms with Crippen LogP contribution in [-0.4, -0.2) is 25.5 Å². The average Bonchev–Trinajstić information content (AvgIpc) is 3.22. The van der Waals surface area contributed by atoms with Crippen LogP contribution in [0.4, 0.5) is 5.69 Å². The molecule has 120 valence electrons. The zero-order chi connectivity index (χ0) is 16.2. The molecule has 0 aliphatic carbocycles. The summed E-state index contributed by atoms with van der Waals surface area (Å²) < 4.78 is 10.3. The third-order valence-electron chi connectivity index (χ3n) is 3.90. The van der Waals surface area contributed by atoms with Crippen molar-refractivity contribution in [2.24, 2.45) is 5.92 Å². The smallest absolute Gasteiger partial charge is 0.227 e. The number of carbonyl (C=O) groups is 2. The maximum absolute atomic E-state index is 12.2. The van der Waals surface area contributed by atoms with E-state index in [-0.39, 0.29) is 24.2 Å². The third kappa shape index (κ3) is 3.36. The van der Waals surface area contributed by atoms with Gasteiger partial charge in [0.15, 0.2) is 0 Å². The molecule has 0 spiro atoms. The van der Waals surface area contributed by atoms with Crippen LogP contribution in [-0.2, 0) is 16.1 Å². The quantitative estimate of drug-likeness (QED) is 0.916. The maximum atomic E-state index is 12.2. The van der Waals surface area contributed by atoms with Gasteiger partial charge < -0.3 is 19.4 Å². The fourth-order valence-corrected chi connectivity index (χ4v) is 2.63. The van der Waals surface area contributed by atoms with E-state index in [4.69, 9.17) is 9.15 Å². The van der Waals surface area contributed by atoms with E-state index in [1.54, 1.807) is 42.5 Å². The number of ether oxygens (including phenoxy) is 1. The highest BCUT2D eigenvalue weighted by Gasteiger charge is 2.35. The van der Waals surface area contributed by atoms with Crippen molar-refractivity contribution in [3.05, 3.63) is 48.4 Å². The number of methoxy groups -OCH3 is 1. The number of anilines is 1. The van der Waals surface area contributed by atoms with Gasteiger partial charge in [-0.05, 0) is 36.4 Å². The van der Waals surface area contributed by atoms with E-state index >= 15 is 0 Å². The van der Waals surface area contributed by atoms with Crippen LogP contribution in [0.2, 0.25) is 0 Å². The van der Waals surface area contributed by atoms with Crippen molar-refractivity contribution in [2.75, 3.05) is 18.6 Å². The predicted molar refractivity (Wildman–Crippen MR) is 84.0 cm³/mol. The molecule has 1 N–H and O–H groups in total. The molecule has 1 saturated heterocycles. The fourth-order valence-electron chi connectivity index (χ4n) is 2.63. The Morgan fingerprint density at radius 1 is 1.35 bits per heavy atom. The van der Waals surface area contributed by atoms with E-state index in [0.29, 0.717) is 18.8 Å². The number of nitrogens with one attached hydrogen (secondary N) is 1. The Morgan fingerprint density at radius 3 is 2.78 bits per heavy atom. The van der Waals surface area contributed by atoms with Gasteiger partial charge in [-0.15, -0.1) is 0 Å². The van der Waals surface area contributed by atoms with E-state index in [1.165, 1.54) is 0 Å². The minimum Gasteiger partial charge on any atom is -0.497 e. The fraction of sp³-hybridized carbons (Fsp3) is 0.294. The van der Waals surface area contributed by atoms with Crippen molar-refractivity contribution in [3.63, 3.8) is 0 Å². The zero-order valence-corrected chi connectivity index (χ0v) is 12.8. The summed E-state index contributed by atoms with van der Waals surface area (Å²) in [4.78, 5) is 26.0. The van der Waals surface area contributed by atoms with Crippen LogP contribution in [0.15, 0.2) is 47.1 Å². The van der Waals surface area contributed by atoms with Gasteiger partial charge in [0.05, 0.1) is 25.8 Å². The molecule has 23 heavy (non-hydrogen) atoms. The third-order valence-corrected chi connectivity index (χ3v) is 3.90. The molecule has 1 atom stereocenters. The average molecular weight is 314 g/mol. The Kier molecular flexibility index (Phi) is 4.32. The summed E-state index contributed by atoms with van der Waals surface area (Å²) in [5.74, 6) is 0.890. The van der Waals surface area contributed by atoms with Crippen molar-refractivity contribution in [3.8, 4) is 5.75 Å². The van der Waals surface area contributed by atoms with Crippen LogP contribution in [0.1, 0.15) is 12.2 Å². The highest BCUT2D eigenvalue weighted by molar-refractivity contribution is 6.00. The number of furan rings is 1. The zero-order valence-electron chi connectivity index (χ0n) is 12.8. The molecular formula is C17H18N2O4. The second kappa shape index (κ2) is 6.56. The highest BCUT2D eigenvalue weighted by Crippen LogP contribution is 2.26. The van der Waals surface area contributed by atoms with Crippen LogP contribution >= 0.6 is 0 Å². The van der Waals surface area contributed by atoms with Crippen molar-refractivity contribution >= 4 is 17.5 Å². The first-order valence-corrected chi connectivity index (χ1v) is 7.42. The van der Waals surface area contributed by atoms with Crippen molar-refractivity contribution < 1.29 is 18.7 Å². The van der Waals surface area contributed by atoms with Gasteiger partial charge in [-0.3, -0.25) is 9.59 Å². The van der Waals surface area contributed by atoms with Gasteiger partial charge in [-0.25, -0.2) is 0 Å². The molecular weight excluding hydrogens is 296 g/mol. The van der Waals surface area contributed by atoms with E-state index in [0.717, 1.165) is 11.4 Å². The van der Waals surface area contributed by atoms with E-state index in [9.17, 15) is 9.59 Å². The van der Waals surface area contributed by atoms with E-state index in [2.05, 4.69) is 5.32 Å². The summed E-state index contributed by atoms with van der Waals surface area (Å²) in [5, 5.41) is 2.81. The van der Waals surface area contributed by atoms with Crippen LogP contribution in [0.5, 0.6) is 5.75 Å². The first-order valence-electron chi connectivity index (χ1n) is 7.42. The molecule has 2 heterocycles. The number of nitrogens with zero attached hydrogens (tertiary/aromatic N) is 1. The lowest BCUT2D eigenvalue weighted by Crippen LogP contribution is -2.32. The van der Waals surface area contributed by atoms with Crippen molar-refractivity contribution in [1.29, 1.82) is 0 Å². The van der Waals surface area contributed by atoms with Gasteiger partial charge in [0, 0.05) is 18.7 Å². The Labute approximate surface area is 134 Å². The Balaban J connectivity index is 1.60. The standard InChI is InChI=1S/C17H18N2O4/c1-22-14-6-4-13(5-7-14)19-11-12(9-16(19)20)17(21)18-10-15-3-2-8-23-15/h2-8,12H,9-11H2,1H3,(H,18,21)/t12-/m1/s1. The lowest BCUT2D eigenvalue weighted by atomic mass is 10.1. The number of hydrogen-bond donors (Lipinski definition) is 1. The molecule has 1 aliphatic heterocycles. The van der Waals surface area contributed by atoms with Gasteiger partial charge in [-0.1, -0.05) is 0 Å². The molecule has 1 fully saturated rings. The monoisotopic (exact) mass is 314 g/mol. The lowest BCUT2D eigenvalue weighted by molar-refractivity contribution is -0.126. The number of benzene rings is 1. The molecule has 1 aromatic carbocycles. The van der Waals surface area contributed by atoms with Gasteiger partial charge in [0.2, 0.25) is 11.8 Å². The first-order chi connectivity index (χ1) is 11.2. The lowest BCUT2D eigenvalue weighted by Gasteiger charge is -2.17. The SMILES string of the molecule is COc1ccc(N2C[C@H](C(=O)NCc3ccco3)CC2=O)cc1. The molecule has 1 aliphatic rings. The number of hydrogen-bond acceptors (Lipinski definition) is 4. The van der Waals surface area contributed by atoms with Crippen molar-refractivity contribution in [1.82, 2.24) is 5.32 Å². The minimum atomic E-state index is -0.348. The predicted octanol–water partition coefficient (Wildman–Crippen LogP) is 1.96. The van der Waals surface area contributed by atoms with Gasteiger partial charge in [0.1, 0.15) is 11.5 Å². The molecule has 0 unspecified atom stereocenters. The summed E-state index contributed by atoms with van der Waals surface area (Å²) in [6, 6.07) is 10.8. The minimum absolute atomic E-state index is 0.0479. The Hall–Kier alpha value is -2.76. The van der Waals surface area contributed by atoms with Crippen LogP contribution in [0.25, 0.3) is 0 Å². The molecule has 6 nitrogen and oxygen atoms in total. The largest absolute Gasteiger partial charge is 0.497 e. The molecule has 3 rings (SSSR count). The molecule has 2 amide bonds. The molecule has 0 saturated carbocycles. The van der Waals surface area contributed by atoms with E-state index < -0.39 is 0 Å². The second-order valence-corrected chi connectivity index (χ2v) is 5.40. The molecule has 0 bridgehead atoms. The second-order valence-electron chi connectivity index (χ2n) is 5.40. The molecule has 0 radical (unpaired) electrons.